The number of hydrogen-bond acceptors (Lipinski definition) is 4. The van der Waals surface area contributed by atoms with Crippen molar-refractivity contribution in [3.8, 4) is 11.5 Å². The van der Waals surface area contributed by atoms with E-state index in [1.165, 1.54) is 0 Å². The zero-order chi connectivity index (χ0) is 14.1. The van der Waals surface area contributed by atoms with Crippen molar-refractivity contribution in [1.82, 2.24) is 4.98 Å². The fourth-order valence-corrected chi connectivity index (χ4v) is 2.80. The van der Waals surface area contributed by atoms with E-state index >= 15 is 0 Å². The minimum atomic E-state index is -0.0732. The number of methoxy groups -OCH3 is 1. The minimum absolute atomic E-state index is 0.0715. The van der Waals surface area contributed by atoms with Crippen molar-refractivity contribution in [3.05, 3.63) is 52.3 Å². The van der Waals surface area contributed by atoms with Gasteiger partial charge in [0, 0.05) is 40.5 Å². The number of pyridine rings is 1. The Hall–Kier alpha value is -1.59. The summed E-state index contributed by atoms with van der Waals surface area (Å²) in [4.78, 5) is 4.18. The summed E-state index contributed by atoms with van der Waals surface area (Å²) in [5.74, 6) is 1.61. The van der Waals surface area contributed by atoms with Crippen molar-refractivity contribution in [1.29, 1.82) is 0 Å². The molecule has 1 unspecified atom stereocenters. The number of benzene rings is 1. The Morgan fingerprint density at radius 2 is 2.20 bits per heavy atom. The number of halogens is 1. The monoisotopic (exact) mass is 334 g/mol. The lowest BCUT2D eigenvalue weighted by atomic mass is 9.94. The molecule has 1 aromatic carbocycles. The molecule has 0 saturated heterocycles. The van der Waals surface area contributed by atoms with Crippen LogP contribution in [0.2, 0.25) is 0 Å². The third-order valence-electron chi connectivity index (χ3n) is 3.45. The van der Waals surface area contributed by atoms with E-state index in [2.05, 4.69) is 20.9 Å². The van der Waals surface area contributed by atoms with Crippen LogP contribution in [-0.2, 0) is 0 Å². The van der Waals surface area contributed by atoms with Crippen LogP contribution in [0.5, 0.6) is 11.5 Å². The number of hydrogen-bond donors (Lipinski definition) is 1. The number of aromatic nitrogens is 1. The lowest BCUT2D eigenvalue weighted by molar-refractivity contribution is 0.160. The van der Waals surface area contributed by atoms with Crippen LogP contribution in [0.4, 0.5) is 0 Å². The van der Waals surface area contributed by atoms with Crippen LogP contribution >= 0.6 is 15.9 Å². The molecule has 0 radical (unpaired) electrons. The van der Waals surface area contributed by atoms with E-state index in [1.807, 2.05) is 30.5 Å². The van der Waals surface area contributed by atoms with Crippen molar-refractivity contribution in [2.75, 3.05) is 7.11 Å². The van der Waals surface area contributed by atoms with Gasteiger partial charge in [-0.15, -0.1) is 0 Å². The largest absolute Gasteiger partial charge is 0.497 e. The summed E-state index contributed by atoms with van der Waals surface area (Å²) >= 11 is 3.43. The van der Waals surface area contributed by atoms with E-state index in [0.717, 1.165) is 33.5 Å². The molecule has 0 saturated carbocycles. The summed E-state index contributed by atoms with van der Waals surface area (Å²) in [6.45, 7) is 0. The molecule has 104 valence electrons. The molecule has 0 spiro atoms. The molecule has 1 aromatic heterocycles. The van der Waals surface area contributed by atoms with Gasteiger partial charge in [0.15, 0.2) is 0 Å². The molecule has 0 aliphatic carbocycles. The molecule has 1 aliphatic heterocycles. The first-order valence-corrected chi connectivity index (χ1v) is 7.17. The molecule has 0 amide bonds. The molecule has 5 heteroatoms. The number of rotatable bonds is 2. The van der Waals surface area contributed by atoms with Crippen molar-refractivity contribution >= 4 is 15.9 Å². The molecule has 1 aliphatic rings. The van der Waals surface area contributed by atoms with Crippen LogP contribution in [0.1, 0.15) is 29.7 Å². The highest BCUT2D eigenvalue weighted by Crippen LogP contribution is 2.41. The highest BCUT2D eigenvalue weighted by atomic mass is 79.9. The second-order valence-electron chi connectivity index (χ2n) is 4.79. The Bertz CT molecular complexity index is 633. The third kappa shape index (κ3) is 2.51. The van der Waals surface area contributed by atoms with E-state index < -0.39 is 0 Å². The van der Waals surface area contributed by atoms with Gasteiger partial charge in [0.1, 0.15) is 17.6 Å². The van der Waals surface area contributed by atoms with Gasteiger partial charge in [0.05, 0.1) is 7.11 Å². The van der Waals surface area contributed by atoms with E-state index in [-0.39, 0.29) is 12.1 Å². The van der Waals surface area contributed by atoms with Gasteiger partial charge < -0.3 is 15.2 Å². The van der Waals surface area contributed by atoms with Gasteiger partial charge >= 0.3 is 0 Å². The van der Waals surface area contributed by atoms with Gasteiger partial charge in [-0.3, -0.25) is 4.98 Å². The molecule has 20 heavy (non-hydrogen) atoms. The Morgan fingerprint density at radius 1 is 1.35 bits per heavy atom. The third-order valence-corrected chi connectivity index (χ3v) is 3.89. The summed E-state index contributed by atoms with van der Waals surface area (Å²) in [7, 11) is 1.65. The first-order valence-electron chi connectivity index (χ1n) is 6.38. The lowest BCUT2D eigenvalue weighted by Gasteiger charge is -2.30. The van der Waals surface area contributed by atoms with Gasteiger partial charge in [0.25, 0.3) is 0 Å². The maximum absolute atomic E-state index is 6.27. The van der Waals surface area contributed by atoms with Gasteiger partial charge in [-0.05, 0) is 40.2 Å². The Morgan fingerprint density at radius 3 is 2.95 bits per heavy atom. The zero-order valence-electron chi connectivity index (χ0n) is 11.0. The fraction of sp³-hybridized carbons (Fsp3) is 0.267. The van der Waals surface area contributed by atoms with E-state index in [9.17, 15) is 0 Å². The summed E-state index contributed by atoms with van der Waals surface area (Å²) < 4.78 is 12.2. The molecule has 2 heterocycles. The van der Waals surface area contributed by atoms with Crippen LogP contribution in [0.25, 0.3) is 0 Å². The Kier molecular flexibility index (Phi) is 3.63. The predicted molar refractivity (Wildman–Crippen MR) is 79.8 cm³/mol. The van der Waals surface area contributed by atoms with Crippen LogP contribution in [0.15, 0.2) is 41.1 Å². The normalized spacial score (nSPS) is 20.9. The predicted octanol–water partition coefficient (Wildman–Crippen LogP) is 3.38. The van der Waals surface area contributed by atoms with Gasteiger partial charge in [-0.2, -0.15) is 0 Å². The van der Waals surface area contributed by atoms with Crippen molar-refractivity contribution in [2.45, 2.75) is 18.6 Å². The first kappa shape index (κ1) is 13.4. The van der Waals surface area contributed by atoms with Crippen molar-refractivity contribution < 1.29 is 9.47 Å². The molecule has 2 N–H and O–H groups in total. The summed E-state index contributed by atoms with van der Waals surface area (Å²) in [6.07, 6.45) is 4.22. The number of nitrogens with zero attached hydrogens (tertiary/aromatic N) is 1. The average Bonchev–Trinajstić information content (AvgIpc) is 2.47. The maximum Gasteiger partial charge on any atom is 0.127 e. The second kappa shape index (κ2) is 5.42. The second-order valence-corrected chi connectivity index (χ2v) is 5.70. The van der Waals surface area contributed by atoms with Gasteiger partial charge in [0.2, 0.25) is 0 Å². The standard InChI is InChI=1S/C15H15BrN2O2/c1-19-11-2-3-14-12(5-11)13(17)6-15(20-14)9-4-10(16)8-18-7-9/h2-5,7-8,13,15H,6,17H2,1H3/t13-,15?/m1/s1. The van der Waals surface area contributed by atoms with Crippen molar-refractivity contribution in [3.63, 3.8) is 0 Å². The first-order chi connectivity index (χ1) is 9.67. The smallest absolute Gasteiger partial charge is 0.127 e. The molecular formula is C15H15BrN2O2. The lowest BCUT2D eigenvalue weighted by Crippen LogP contribution is -2.24. The van der Waals surface area contributed by atoms with Crippen LogP contribution < -0.4 is 15.2 Å². The highest BCUT2D eigenvalue weighted by Gasteiger charge is 2.27. The molecule has 4 nitrogen and oxygen atoms in total. The number of nitrogens with two attached hydrogens (primary N) is 1. The van der Waals surface area contributed by atoms with Gasteiger partial charge in [-0.1, -0.05) is 0 Å². The van der Waals surface area contributed by atoms with Crippen LogP contribution in [-0.4, -0.2) is 12.1 Å². The van der Waals surface area contributed by atoms with E-state index in [0.29, 0.717) is 0 Å². The van der Waals surface area contributed by atoms with E-state index in [1.54, 1.807) is 13.3 Å². The van der Waals surface area contributed by atoms with Crippen LogP contribution in [0.3, 0.4) is 0 Å². The average molecular weight is 335 g/mol. The molecule has 0 fully saturated rings. The minimum Gasteiger partial charge on any atom is -0.497 e. The SMILES string of the molecule is COc1ccc2c(c1)[C@H](N)CC(c1cncc(Br)c1)O2. The quantitative estimate of drug-likeness (QED) is 0.914. The van der Waals surface area contributed by atoms with Gasteiger partial charge in [-0.25, -0.2) is 0 Å². The Balaban J connectivity index is 1.93. The molecule has 2 atom stereocenters. The zero-order valence-corrected chi connectivity index (χ0v) is 12.6. The molecule has 3 rings (SSSR count). The van der Waals surface area contributed by atoms with E-state index in [4.69, 9.17) is 15.2 Å². The molecule has 2 aromatic rings. The summed E-state index contributed by atoms with van der Waals surface area (Å²) in [6, 6.07) is 7.67. The van der Waals surface area contributed by atoms with Crippen LogP contribution in [0, 0.1) is 0 Å². The Labute approximate surface area is 126 Å². The molecular weight excluding hydrogens is 320 g/mol. The molecule has 0 bridgehead atoms. The fourth-order valence-electron chi connectivity index (χ4n) is 2.42. The topological polar surface area (TPSA) is 57.4 Å². The summed E-state index contributed by atoms with van der Waals surface area (Å²) in [5, 5.41) is 0. The summed E-state index contributed by atoms with van der Waals surface area (Å²) in [5.41, 5.74) is 8.28. The highest BCUT2D eigenvalue weighted by molar-refractivity contribution is 9.10. The number of fused-ring (bicyclic) bond motifs is 1. The van der Waals surface area contributed by atoms with Crippen molar-refractivity contribution in [2.24, 2.45) is 5.73 Å². The number of ether oxygens (including phenoxy) is 2. The maximum atomic E-state index is 6.27.